The summed E-state index contributed by atoms with van der Waals surface area (Å²) in [7, 11) is 0. The maximum absolute atomic E-state index is 13.5. The van der Waals surface area contributed by atoms with Crippen molar-refractivity contribution in [1.29, 1.82) is 10.5 Å². The molecule has 8 nitrogen and oxygen atoms in total. The number of nitriles is 2. The van der Waals surface area contributed by atoms with Gasteiger partial charge in [-0.3, -0.25) is 14.3 Å². The van der Waals surface area contributed by atoms with Crippen molar-refractivity contribution in [2.45, 2.75) is 24.9 Å². The molecule has 3 aromatic rings. The van der Waals surface area contributed by atoms with Gasteiger partial charge in [0.25, 0.3) is 11.8 Å². The number of carbonyl (C=O) groups excluding carboxylic acids is 2. The Balaban J connectivity index is 1.36. The van der Waals surface area contributed by atoms with E-state index in [2.05, 4.69) is 16.5 Å². The van der Waals surface area contributed by atoms with Crippen LogP contribution in [0.15, 0.2) is 60.9 Å². The highest BCUT2D eigenvalue weighted by Crippen LogP contribution is 2.31. The molecule has 35 heavy (non-hydrogen) atoms. The van der Waals surface area contributed by atoms with Crippen molar-refractivity contribution >= 4 is 11.8 Å². The monoisotopic (exact) mass is 474 g/mol. The summed E-state index contributed by atoms with van der Waals surface area (Å²) < 4.78 is 28.6. The number of likely N-dealkylation sites (tertiary alicyclic amines) is 1. The fraction of sp³-hybridized carbons (Fsp3) is 0.240. The van der Waals surface area contributed by atoms with Crippen molar-refractivity contribution in [3.63, 3.8) is 0 Å². The van der Waals surface area contributed by atoms with Crippen LogP contribution in [-0.4, -0.2) is 51.5 Å². The molecule has 1 atom stereocenters. The van der Waals surface area contributed by atoms with Gasteiger partial charge in [0.2, 0.25) is 5.91 Å². The number of benzene rings is 2. The molecule has 4 rings (SSSR count). The van der Waals surface area contributed by atoms with Crippen molar-refractivity contribution in [2.24, 2.45) is 0 Å². The van der Waals surface area contributed by atoms with E-state index >= 15 is 0 Å². The molecular weight excluding hydrogens is 454 g/mol. The van der Waals surface area contributed by atoms with E-state index in [4.69, 9.17) is 10.5 Å². The lowest BCUT2D eigenvalue weighted by Crippen LogP contribution is -2.42. The minimum Gasteiger partial charge on any atom is -0.343 e. The number of nitrogens with one attached hydrogen (secondary N) is 1. The lowest BCUT2D eigenvalue weighted by molar-refractivity contribution is -0.131. The zero-order valence-corrected chi connectivity index (χ0v) is 18.5. The molecule has 10 heteroatoms. The van der Waals surface area contributed by atoms with Gasteiger partial charge in [-0.1, -0.05) is 30.3 Å². The Kier molecular flexibility index (Phi) is 6.56. The van der Waals surface area contributed by atoms with Gasteiger partial charge < -0.3 is 10.2 Å². The molecule has 0 bridgehead atoms. The van der Waals surface area contributed by atoms with Crippen LogP contribution < -0.4 is 5.32 Å². The van der Waals surface area contributed by atoms with Gasteiger partial charge in [0.15, 0.2) is 0 Å². The average molecular weight is 474 g/mol. The van der Waals surface area contributed by atoms with E-state index in [1.54, 1.807) is 22.9 Å². The van der Waals surface area contributed by atoms with E-state index in [-0.39, 0.29) is 5.56 Å². The number of amides is 2. The minimum absolute atomic E-state index is 0.213. The first kappa shape index (κ1) is 23.6. The second-order valence-corrected chi connectivity index (χ2v) is 8.23. The van der Waals surface area contributed by atoms with Crippen molar-refractivity contribution in [3.8, 4) is 23.3 Å². The van der Waals surface area contributed by atoms with Gasteiger partial charge in [0.05, 0.1) is 49.1 Å². The van der Waals surface area contributed by atoms with Gasteiger partial charge in [0.1, 0.15) is 6.04 Å². The molecule has 176 valence electrons. The topological polar surface area (TPSA) is 115 Å². The molecule has 1 N–H and O–H groups in total. The summed E-state index contributed by atoms with van der Waals surface area (Å²) in [5.41, 5.74) is 3.67. The smallest absolute Gasteiger partial charge is 0.268 e. The molecule has 1 fully saturated rings. The van der Waals surface area contributed by atoms with Gasteiger partial charge in [-0.2, -0.15) is 15.6 Å². The molecule has 2 amide bonds. The molecule has 0 spiro atoms. The van der Waals surface area contributed by atoms with Gasteiger partial charge in [-0.05, 0) is 34.9 Å². The molecular formula is C25H20F2N6O2. The number of carbonyl (C=O) groups is 2. The summed E-state index contributed by atoms with van der Waals surface area (Å²) in [6.45, 7) is -0.937. The molecule has 2 heterocycles. The number of nitrogens with zero attached hydrogens (tertiary/aromatic N) is 5. The Morgan fingerprint density at radius 3 is 2.63 bits per heavy atom. The summed E-state index contributed by atoms with van der Waals surface area (Å²) in [5, 5.41) is 24.6. The van der Waals surface area contributed by atoms with E-state index in [0.29, 0.717) is 12.1 Å². The third kappa shape index (κ3) is 5.50. The van der Waals surface area contributed by atoms with Gasteiger partial charge in [-0.25, -0.2) is 8.78 Å². The van der Waals surface area contributed by atoms with E-state index in [1.807, 2.05) is 36.4 Å². The first-order valence-electron chi connectivity index (χ1n) is 10.7. The maximum Gasteiger partial charge on any atom is 0.268 e. The molecule has 0 radical (unpaired) electrons. The number of alkyl halides is 2. The van der Waals surface area contributed by atoms with Crippen molar-refractivity contribution in [3.05, 3.63) is 77.6 Å². The number of hydrogen-bond acceptors (Lipinski definition) is 5. The highest BCUT2D eigenvalue weighted by Gasteiger charge is 2.47. The highest BCUT2D eigenvalue weighted by molar-refractivity contribution is 5.96. The molecule has 0 aliphatic carbocycles. The fourth-order valence-corrected chi connectivity index (χ4v) is 3.89. The standard InChI is InChI=1S/C25H20F2N6O2/c26-25(27)9-22(11-29)33(16-25)23(34)13-30-24(35)21-12-31-32(15-21)14-18-2-1-3-20(8-18)19-6-4-17(10-28)5-7-19/h1-8,12,15,22H,9,13-14,16H2,(H,30,35)/t22-/m0/s1. The van der Waals surface area contributed by atoms with Crippen molar-refractivity contribution in [1.82, 2.24) is 20.0 Å². The quantitative estimate of drug-likeness (QED) is 0.590. The summed E-state index contributed by atoms with van der Waals surface area (Å²) in [5.74, 6) is -4.43. The first-order valence-corrected chi connectivity index (χ1v) is 10.7. The average Bonchev–Trinajstić information content (AvgIpc) is 3.46. The molecule has 2 aromatic carbocycles. The number of halogens is 2. The van der Waals surface area contributed by atoms with E-state index in [9.17, 15) is 18.4 Å². The number of hydrogen-bond donors (Lipinski definition) is 1. The minimum atomic E-state index is -3.11. The van der Waals surface area contributed by atoms with Crippen LogP contribution in [0.25, 0.3) is 11.1 Å². The van der Waals surface area contributed by atoms with E-state index in [0.717, 1.165) is 21.6 Å². The van der Waals surface area contributed by atoms with Gasteiger partial charge in [0, 0.05) is 12.6 Å². The van der Waals surface area contributed by atoms with Gasteiger partial charge >= 0.3 is 0 Å². The number of aromatic nitrogens is 2. The lowest BCUT2D eigenvalue weighted by Gasteiger charge is -2.19. The zero-order chi connectivity index (χ0) is 25.0. The van der Waals surface area contributed by atoms with Crippen molar-refractivity contribution < 1.29 is 18.4 Å². The Hall–Kier alpha value is -4.57. The second-order valence-electron chi connectivity index (χ2n) is 8.23. The van der Waals surface area contributed by atoms with Gasteiger partial charge in [-0.15, -0.1) is 0 Å². The second kappa shape index (κ2) is 9.74. The lowest BCUT2D eigenvalue weighted by atomic mass is 10.0. The number of rotatable bonds is 6. The molecule has 1 saturated heterocycles. The molecule has 1 aliphatic heterocycles. The van der Waals surface area contributed by atoms with E-state index in [1.165, 1.54) is 12.4 Å². The predicted molar refractivity (Wildman–Crippen MR) is 121 cm³/mol. The normalized spacial score (nSPS) is 16.3. The fourth-order valence-electron chi connectivity index (χ4n) is 3.89. The summed E-state index contributed by atoms with van der Waals surface area (Å²) in [6, 6.07) is 17.6. The van der Waals surface area contributed by atoms with Crippen LogP contribution in [0.4, 0.5) is 8.78 Å². The van der Waals surface area contributed by atoms with Crippen LogP contribution in [0.2, 0.25) is 0 Å². The van der Waals surface area contributed by atoms with Crippen LogP contribution in [0.1, 0.15) is 27.9 Å². The summed E-state index contributed by atoms with van der Waals surface area (Å²) in [6.07, 6.45) is 2.17. The zero-order valence-electron chi connectivity index (χ0n) is 18.5. The molecule has 1 aromatic heterocycles. The largest absolute Gasteiger partial charge is 0.343 e. The third-order valence-electron chi connectivity index (χ3n) is 5.65. The Labute approximate surface area is 200 Å². The Bertz CT molecular complexity index is 1340. The first-order chi connectivity index (χ1) is 16.8. The maximum atomic E-state index is 13.5. The SMILES string of the molecule is N#Cc1ccc(-c2cccc(Cn3cc(C(=O)NCC(=O)N4CC(F)(F)C[C@H]4C#N)cn3)c2)cc1. The molecule has 1 aliphatic rings. The third-order valence-corrected chi connectivity index (χ3v) is 5.65. The predicted octanol–water partition coefficient (Wildman–Crippen LogP) is 2.96. The van der Waals surface area contributed by atoms with Crippen LogP contribution in [-0.2, 0) is 11.3 Å². The Morgan fingerprint density at radius 2 is 1.91 bits per heavy atom. The van der Waals surface area contributed by atoms with Crippen LogP contribution >= 0.6 is 0 Å². The molecule has 0 unspecified atom stereocenters. The highest BCUT2D eigenvalue weighted by atomic mass is 19.3. The summed E-state index contributed by atoms with van der Waals surface area (Å²) in [4.78, 5) is 25.5. The van der Waals surface area contributed by atoms with E-state index < -0.39 is 43.3 Å². The summed E-state index contributed by atoms with van der Waals surface area (Å²) >= 11 is 0. The van der Waals surface area contributed by atoms with Crippen LogP contribution in [0.3, 0.4) is 0 Å². The molecule has 0 saturated carbocycles. The van der Waals surface area contributed by atoms with Crippen LogP contribution in [0.5, 0.6) is 0 Å². The van der Waals surface area contributed by atoms with Crippen molar-refractivity contribution in [2.75, 3.05) is 13.1 Å². The van der Waals surface area contributed by atoms with Crippen LogP contribution in [0, 0.1) is 22.7 Å². The Morgan fingerprint density at radius 1 is 1.14 bits per heavy atom.